The monoisotopic (exact) mass is 322 g/mol. The average molecular weight is 322 g/mol. The van der Waals surface area contributed by atoms with Crippen LogP contribution in [0.25, 0.3) is 0 Å². The number of carbonyl (C=O) groups is 2. The summed E-state index contributed by atoms with van der Waals surface area (Å²) in [5.41, 5.74) is 0. The number of nitrogens with one attached hydrogen (secondary N) is 2. The Labute approximate surface area is 132 Å². The van der Waals surface area contributed by atoms with Gasteiger partial charge in [0.25, 0.3) is 5.91 Å². The molecule has 0 spiro atoms. The van der Waals surface area contributed by atoms with E-state index in [0.29, 0.717) is 16.6 Å². The fraction of sp³-hybridized carbons (Fsp3) is 0.429. The first-order valence-corrected chi connectivity index (χ1v) is 7.76. The molecule has 0 unspecified atom stereocenters. The molecule has 2 heterocycles. The Morgan fingerprint density at radius 2 is 2.18 bits per heavy atom. The normalized spacial score (nSPS) is 12.2. The molecule has 2 amide bonds. The molecule has 8 heteroatoms. The second-order valence-corrected chi connectivity index (χ2v) is 6.07. The van der Waals surface area contributed by atoms with Gasteiger partial charge in [-0.05, 0) is 17.4 Å². The number of aromatic nitrogens is 2. The van der Waals surface area contributed by atoms with Gasteiger partial charge in [-0.15, -0.1) is 11.3 Å². The molecule has 0 aliphatic heterocycles. The van der Waals surface area contributed by atoms with Crippen molar-refractivity contribution in [1.82, 2.24) is 20.8 Å². The molecule has 2 aromatic rings. The average Bonchev–Trinajstić information content (AvgIpc) is 3.13. The first-order valence-electron chi connectivity index (χ1n) is 6.88. The Morgan fingerprint density at radius 1 is 1.41 bits per heavy atom. The molecule has 1 atom stereocenters. The largest absolute Gasteiger partial charge is 0.347 e. The Bertz CT molecular complexity index is 636. The molecule has 0 fully saturated rings. The SMILES string of the molecule is Cc1nc(CNC(=O)[C@H](NC(=O)c2cccs2)C(C)C)no1. The Morgan fingerprint density at radius 3 is 2.73 bits per heavy atom. The summed E-state index contributed by atoms with van der Waals surface area (Å²) in [5, 5.41) is 11.0. The van der Waals surface area contributed by atoms with Gasteiger partial charge in [-0.25, -0.2) is 0 Å². The molecule has 2 rings (SSSR count). The lowest BCUT2D eigenvalue weighted by atomic mass is 10.0. The van der Waals surface area contributed by atoms with Gasteiger partial charge in [0.2, 0.25) is 11.8 Å². The highest BCUT2D eigenvalue weighted by Gasteiger charge is 2.25. The third-order valence-electron chi connectivity index (χ3n) is 2.97. The molecule has 7 nitrogen and oxygen atoms in total. The van der Waals surface area contributed by atoms with Crippen LogP contribution in [0.4, 0.5) is 0 Å². The van der Waals surface area contributed by atoms with E-state index < -0.39 is 6.04 Å². The van der Waals surface area contributed by atoms with Crippen LogP contribution in [-0.4, -0.2) is 28.0 Å². The highest BCUT2D eigenvalue weighted by atomic mass is 32.1. The van der Waals surface area contributed by atoms with Crippen molar-refractivity contribution in [1.29, 1.82) is 0 Å². The van der Waals surface area contributed by atoms with Gasteiger partial charge in [-0.1, -0.05) is 25.1 Å². The van der Waals surface area contributed by atoms with E-state index in [1.54, 1.807) is 19.1 Å². The summed E-state index contributed by atoms with van der Waals surface area (Å²) in [5.74, 6) is 0.270. The van der Waals surface area contributed by atoms with Crippen LogP contribution in [0.5, 0.6) is 0 Å². The Balaban J connectivity index is 1.95. The molecule has 0 aliphatic carbocycles. The topological polar surface area (TPSA) is 97.1 Å². The van der Waals surface area contributed by atoms with Crippen molar-refractivity contribution in [2.75, 3.05) is 0 Å². The molecule has 0 aromatic carbocycles. The first kappa shape index (κ1) is 16.2. The number of hydrogen-bond acceptors (Lipinski definition) is 6. The van der Waals surface area contributed by atoms with E-state index in [4.69, 9.17) is 4.52 Å². The van der Waals surface area contributed by atoms with Gasteiger partial charge in [-0.2, -0.15) is 4.98 Å². The second-order valence-electron chi connectivity index (χ2n) is 5.12. The Kier molecular flexibility index (Phi) is 5.26. The van der Waals surface area contributed by atoms with Crippen LogP contribution >= 0.6 is 11.3 Å². The van der Waals surface area contributed by atoms with Gasteiger partial charge < -0.3 is 15.2 Å². The molecule has 0 saturated heterocycles. The number of rotatable bonds is 6. The fourth-order valence-corrected chi connectivity index (χ4v) is 2.47. The summed E-state index contributed by atoms with van der Waals surface area (Å²) < 4.78 is 4.84. The van der Waals surface area contributed by atoms with Gasteiger partial charge in [0.05, 0.1) is 11.4 Å². The number of nitrogens with zero attached hydrogens (tertiary/aromatic N) is 2. The van der Waals surface area contributed by atoms with Crippen molar-refractivity contribution in [2.45, 2.75) is 33.4 Å². The van der Waals surface area contributed by atoms with Gasteiger partial charge in [0, 0.05) is 6.92 Å². The minimum Gasteiger partial charge on any atom is -0.347 e. The van der Waals surface area contributed by atoms with Gasteiger partial charge in [0.1, 0.15) is 6.04 Å². The third-order valence-corrected chi connectivity index (χ3v) is 3.84. The van der Waals surface area contributed by atoms with Crippen LogP contribution in [0.2, 0.25) is 0 Å². The summed E-state index contributed by atoms with van der Waals surface area (Å²) >= 11 is 1.33. The second kappa shape index (κ2) is 7.17. The van der Waals surface area contributed by atoms with Crippen LogP contribution in [0.15, 0.2) is 22.0 Å². The van der Waals surface area contributed by atoms with Crippen LogP contribution in [0.3, 0.4) is 0 Å². The predicted octanol–water partition coefficient (Wildman–Crippen LogP) is 1.51. The number of carbonyl (C=O) groups excluding carboxylic acids is 2. The molecule has 22 heavy (non-hydrogen) atoms. The number of aryl methyl sites for hydroxylation is 1. The van der Waals surface area contributed by atoms with Crippen molar-refractivity contribution < 1.29 is 14.1 Å². The fourth-order valence-electron chi connectivity index (χ4n) is 1.84. The van der Waals surface area contributed by atoms with Crippen molar-refractivity contribution in [2.24, 2.45) is 5.92 Å². The first-order chi connectivity index (χ1) is 10.5. The van der Waals surface area contributed by atoms with Gasteiger partial charge in [0.15, 0.2) is 5.82 Å². The summed E-state index contributed by atoms with van der Waals surface area (Å²) in [6, 6.07) is 2.89. The molecule has 0 radical (unpaired) electrons. The molecular weight excluding hydrogens is 304 g/mol. The highest BCUT2D eigenvalue weighted by Crippen LogP contribution is 2.10. The summed E-state index contributed by atoms with van der Waals surface area (Å²) in [7, 11) is 0. The molecule has 2 aromatic heterocycles. The molecule has 118 valence electrons. The summed E-state index contributed by atoms with van der Waals surface area (Å²) in [4.78, 5) is 28.9. The smallest absolute Gasteiger partial charge is 0.262 e. The van der Waals surface area contributed by atoms with Crippen LogP contribution in [0, 0.1) is 12.8 Å². The third kappa shape index (κ3) is 4.14. The number of amides is 2. The van der Waals surface area contributed by atoms with E-state index in [2.05, 4.69) is 20.8 Å². The van der Waals surface area contributed by atoms with Gasteiger partial charge in [-0.3, -0.25) is 9.59 Å². The quantitative estimate of drug-likeness (QED) is 0.840. The van der Waals surface area contributed by atoms with E-state index in [0.717, 1.165) is 0 Å². The van der Waals surface area contributed by atoms with Gasteiger partial charge >= 0.3 is 0 Å². The van der Waals surface area contributed by atoms with E-state index in [1.807, 2.05) is 19.2 Å². The van der Waals surface area contributed by atoms with Crippen molar-refractivity contribution in [3.63, 3.8) is 0 Å². The minimum atomic E-state index is -0.623. The van der Waals surface area contributed by atoms with Crippen LogP contribution in [-0.2, 0) is 11.3 Å². The van der Waals surface area contributed by atoms with Crippen molar-refractivity contribution in [3.05, 3.63) is 34.1 Å². The lowest BCUT2D eigenvalue weighted by molar-refractivity contribution is -0.124. The number of thiophene rings is 1. The summed E-state index contributed by atoms with van der Waals surface area (Å²) in [6.07, 6.45) is 0. The van der Waals surface area contributed by atoms with Crippen LogP contribution in [0.1, 0.15) is 35.2 Å². The molecule has 2 N–H and O–H groups in total. The molecule has 0 saturated carbocycles. The lowest BCUT2D eigenvalue weighted by Gasteiger charge is -2.21. The zero-order valence-electron chi connectivity index (χ0n) is 12.6. The zero-order valence-corrected chi connectivity index (χ0v) is 13.4. The molecular formula is C14H18N4O3S. The Hall–Kier alpha value is -2.22. The van der Waals surface area contributed by atoms with E-state index >= 15 is 0 Å². The lowest BCUT2D eigenvalue weighted by Crippen LogP contribution is -2.49. The summed E-state index contributed by atoms with van der Waals surface area (Å²) in [6.45, 7) is 5.58. The van der Waals surface area contributed by atoms with Crippen molar-refractivity contribution >= 4 is 23.2 Å². The minimum absolute atomic E-state index is 0.0454. The standard InChI is InChI=1S/C14H18N4O3S/c1-8(2)12(17-13(19)10-5-4-6-22-10)14(20)15-7-11-16-9(3)21-18-11/h4-6,8,12H,7H2,1-3H3,(H,15,20)(H,17,19)/t12-/m1/s1. The van der Waals surface area contributed by atoms with Crippen molar-refractivity contribution in [3.8, 4) is 0 Å². The van der Waals surface area contributed by atoms with E-state index in [1.165, 1.54) is 11.3 Å². The van der Waals surface area contributed by atoms with Crippen LogP contribution < -0.4 is 10.6 Å². The molecule has 0 aliphatic rings. The molecule has 0 bridgehead atoms. The van der Waals surface area contributed by atoms with E-state index in [-0.39, 0.29) is 24.3 Å². The predicted molar refractivity (Wildman–Crippen MR) is 81.3 cm³/mol. The van der Waals surface area contributed by atoms with E-state index in [9.17, 15) is 9.59 Å². The highest BCUT2D eigenvalue weighted by molar-refractivity contribution is 7.12. The maximum atomic E-state index is 12.3. The zero-order chi connectivity index (χ0) is 16.1. The maximum Gasteiger partial charge on any atom is 0.262 e. The maximum absolute atomic E-state index is 12.3. The number of hydrogen-bond donors (Lipinski definition) is 2.